The lowest BCUT2D eigenvalue weighted by molar-refractivity contribution is 1.18. The molecule has 0 aromatic heterocycles. The number of benzene rings is 1. The van der Waals surface area contributed by atoms with E-state index in [0.717, 1.165) is 0 Å². The van der Waals surface area contributed by atoms with Crippen LogP contribution in [-0.4, -0.2) is 0 Å². The van der Waals surface area contributed by atoms with Gasteiger partial charge in [0, 0.05) is 4.48 Å². The number of hydrogen-bond acceptors (Lipinski definition) is 0. The van der Waals surface area contributed by atoms with E-state index in [0.29, 0.717) is 4.83 Å². The predicted molar refractivity (Wildman–Crippen MR) is 59.6 cm³/mol. The third kappa shape index (κ3) is 1.09. The molecule has 1 aliphatic rings. The highest BCUT2D eigenvalue weighted by Gasteiger charge is 2.24. The average Bonchev–Trinajstić information content (AvgIpc) is 2.33. The number of halogens is 2. The minimum atomic E-state index is 0.392. The minimum Gasteiger partial charge on any atom is -0.0789 e. The standard InChI is InChI=1S/C10H8Br2/c1-6-9(11)7-4-2-3-5-8(7)10(6)12/h2-5,9H,1H3. The first-order valence-electron chi connectivity index (χ1n) is 3.81. The van der Waals surface area contributed by atoms with E-state index < -0.39 is 0 Å². The van der Waals surface area contributed by atoms with Gasteiger partial charge in [0.25, 0.3) is 0 Å². The summed E-state index contributed by atoms with van der Waals surface area (Å²) in [5, 5.41) is 0. The lowest BCUT2D eigenvalue weighted by Gasteiger charge is -2.03. The summed E-state index contributed by atoms with van der Waals surface area (Å²) in [6.45, 7) is 2.14. The SMILES string of the molecule is CC1=C(Br)c2ccccc2C1Br. The molecule has 0 saturated heterocycles. The van der Waals surface area contributed by atoms with Gasteiger partial charge in [0.1, 0.15) is 0 Å². The van der Waals surface area contributed by atoms with Gasteiger partial charge in [-0.15, -0.1) is 0 Å². The van der Waals surface area contributed by atoms with Crippen LogP contribution in [0, 0.1) is 0 Å². The smallest absolute Gasteiger partial charge is 0.0622 e. The molecule has 62 valence electrons. The van der Waals surface area contributed by atoms with Gasteiger partial charge in [-0.2, -0.15) is 0 Å². The molecule has 1 aromatic rings. The molecule has 0 heterocycles. The summed E-state index contributed by atoms with van der Waals surface area (Å²) in [5.74, 6) is 0. The van der Waals surface area contributed by atoms with Crippen molar-refractivity contribution < 1.29 is 0 Å². The molecular weight excluding hydrogens is 280 g/mol. The second kappa shape index (κ2) is 3.00. The first-order valence-corrected chi connectivity index (χ1v) is 5.52. The van der Waals surface area contributed by atoms with E-state index in [1.165, 1.54) is 21.2 Å². The van der Waals surface area contributed by atoms with Gasteiger partial charge < -0.3 is 0 Å². The molecule has 1 unspecified atom stereocenters. The van der Waals surface area contributed by atoms with Gasteiger partial charge in [-0.05, 0) is 23.6 Å². The van der Waals surface area contributed by atoms with Gasteiger partial charge >= 0.3 is 0 Å². The van der Waals surface area contributed by atoms with Gasteiger partial charge in [0.05, 0.1) is 4.83 Å². The van der Waals surface area contributed by atoms with Crippen molar-refractivity contribution in [2.75, 3.05) is 0 Å². The van der Waals surface area contributed by atoms with Crippen molar-refractivity contribution in [3.63, 3.8) is 0 Å². The fraction of sp³-hybridized carbons (Fsp3) is 0.200. The van der Waals surface area contributed by atoms with Gasteiger partial charge in [-0.3, -0.25) is 0 Å². The van der Waals surface area contributed by atoms with Crippen LogP contribution in [0.1, 0.15) is 22.9 Å². The van der Waals surface area contributed by atoms with E-state index in [2.05, 4.69) is 63.0 Å². The lowest BCUT2D eigenvalue weighted by atomic mass is 10.1. The first-order chi connectivity index (χ1) is 5.72. The molecule has 2 rings (SSSR count). The Morgan fingerprint density at radius 3 is 2.58 bits per heavy atom. The van der Waals surface area contributed by atoms with Crippen molar-refractivity contribution in [1.29, 1.82) is 0 Å². The fourth-order valence-electron chi connectivity index (χ4n) is 1.47. The molecule has 0 fully saturated rings. The molecule has 1 aliphatic carbocycles. The molecule has 1 atom stereocenters. The molecule has 0 spiro atoms. The van der Waals surface area contributed by atoms with E-state index in [-0.39, 0.29) is 0 Å². The molecule has 2 heteroatoms. The summed E-state index contributed by atoms with van der Waals surface area (Å²) in [6.07, 6.45) is 0. The minimum absolute atomic E-state index is 0.392. The van der Waals surface area contributed by atoms with Gasteiger partial charge in [-0.1, -0.05) is 56.1 Å². The molecule has 1 aromatic carbocycles. The zero-order chi connectivity index (χ0) is 8.72. The van der Waals surface area contributed by atoms with Gasteiger partial charge in [0.2, 0.25) is 0 Å². The number of hydrogen-bond donors (Lipinski definition) is 0. The van der Waals surface area contributed by atoms with Crippen LogP contribution >= 0.6 is 31.9 Å². The topological polar surface area (TPSA) is 0 Å². The van der Waals surface area contributed by atoms with E-state index in [1.807, 2.05) is 0 Å². The van der Waals surface area contributed by atoms with Crippen LogP contribution in [0.5, 0.6) is 0 Å². The van der Waals surface area contributed by atoms with Crippen LogP contribution in [0.2, 0.25) is 0 Å². The maximum Gasteiger partial charge on any atom is 0.0622 e. The summed E-state index contributed by atoms with van der Waals surface area (Å²) in [7, 11) is 0. The van der Waals surface area contributed by atoms with Crippen LogP contribution < -0.4 is 0 Å². The number of rotatable bonds is 0. The van der Waals surface area contributed by atoms with Crippen LogP contribution in [0.4, 0.5) is 0 Å². The van der Waals surface area contributed by atoms with E-state index in [9.17, 15) is 0 Å². The summed E-state index contributed by atoms with van der Waals surface area (Å²) < 4.78 is 1.24. The fourth-order valence-corrected chi connectivity index (χ4v) is 3.00. The third-order valence-electron chi connectivity index (χ3n) is 2.20. The van der Waals surface area contributed by atoms with Crippen molar-refractivity contribution in [2.24, 2.45) is 0 Å². The molecule has 0 amide bonds. The highest BCUT2D eigenvalue weighted by atomic mass is 79.9. The molecule has 0 bridgehead atoms. The average molecular weight is 288 g/mol. The molecule has 0 N–H and O–H groups in total. The zero-order valence-corrected chi connectivity index (χ0v) is 9.81. The Kier molecular flexibility index (Phi) is 2.13. The second-order valence-corrected chi connectivity index (χ2v) is 4.66. The molecule has 12 heavy (non-hydrogen) atoms. The highest BCUT2D eigenvalue weighted by molar-refractivity contribution is 9.15. The van der Waals surface area contributed by atoms with Crippen LogP contribution in [0.15, 0.2) is 29.8 Å². The summed E-state index contributed by atoms with van der Waals surface area (Å²) in [6, 6.07) is 8.45. The molecular formula is C10H8Br2. The van der Waals surface area contributed by atoms with Crippen LogP contribution in [-0.2, 0) is 0 Å². The number of alkyl halides is 1. The maximum absolute atomic E-state index is 3.65. The van der Waals surface area contributed by atoms with Crippen molar-refractivity contribution in [2.45, 2.75) is 11.8 Å². The Morgan fingerprint density at radius 1 is 1.25 bits per heavy atom. The summed E-state index contributed by atoms with van der Waals surface area (Å²) >= 11 is 7.25. The maximum atomic E-state index is 3.65. The number of fused-ring (bicyclic) bond motifs is 1. The largest absolute Gasteiger partial charge is 0.0789 e. The third-order valence-corrected chi connectivity index (χ3v) is 4.43. The quantitative estimate of drug-likeness (QED) is 0.626. The zero-order valence-electron chi connectivity index (χ0n) is 6.64. The van der Waals surface area contributed by atoms with Crippen LogP contribution in [0.3, 0.4) is 0 Å². The summed E-state index contributed by atoms with van der Waals surface area (Å²) in [5.41, 5.74) is 4.04. The van der Waals surface area contributed by atoms with E-state index >= 15 is 0 Å². The lowest BCUT2D eigenvalue weighted by Crippen LogP contribution is -1.84. The first kappa shape index (κ1) is 8.52. The van der Waals surface area contributed by atoms with E-state index in [4.69, 9.17) is 0 Å². The van der Waals surface area contributed by atoms with Crippen LogP contribution in [0.25, 0.3) is 4.48 Å². The molecule has 0 aliphatic heterocycles. The van der Waals surface area contributed by atoms with Crippen molar-refractivity contribution >= 4 is 36.3 Å². The summed E-state index contributed by atoms with van der Waals surface area (Å²) in [4.78, 5) is 0.392. The van der Waals surface area contributed by atoms with Gasteiger partial charge in [0.15, 0.2) is 0 Å². The highest BCUT2D eigenvalue weighted by Crippen LogP contribution is 2.47. The Balaban J connectivity index is 2.65. The van der Waals surface area contributed by atoms with Crippen molar-refractivity contribution in [3.05, 3.63) is 41.0 Å². The number of allylic oxidation sites excluding steroid dienone is 1. The van der Waals surface area contributed by atoms with Crippen molar-refractivity contribution in [1.82, 2.24) is 0 Å². The van der Waals surface area contributed by atoms with Crippen molar-refractivity contribution in [3.8, 4) is 0 Å². The van der Waals surface area contributed by atoms with E-state index in [1.54, 1.807) is 0 Å². The molecule has 0 saturated carbocycles. The normalized spacial score (nSPS) is 21.4. The second-order valence-electron chi connectivity index (χ2n) is 2.95. The molecule has 0 nitrogen and oxygen atoms in total. The molecule has 0 radical (unpaired) electrons. The monoisotopic (exact) mass is 286 g/mol. The predicted octanol–water partition coefficient (Wildman–Crippen LogP) is 4.26. The Hall–Kier alpha value is -0.0800. The Morgan fingerprint density at radius 2 is 1.92 bits per heavy atom. The Labute approximate surface area is 88.9 Å². The Bertz CT molecular complexity index is 353. The van der Waals surface area contributed by atoms with Gasteiger partial charge in [-0.25, -0.2) is 0 Å².